The van der Waals surface area contributed by atoms with Crippen molar-refractivity contribution in [1.29, 1.82) is 0 Å². The molecule has 15 heteroatoms. The topological polar surface area (TPSA) is 186 Å². The van der Waals surface area contributed by atoms with Gasteiger partial charge in [-0.1, -0.05) is 308 Å². The molecule has 2 N–H and O–H groups in total. The molecule has 0 heterocycles. The molecule has 0 aliphatic carbocycles. The van der Waals surface area contributed by atoms with Crippen LogP contribution in [0.5, 0.6) is 0 Å². The van der Waals surface area contributed by atoms with E-state index < -0.39 is 9.84 Å². The maximum atomic E-state index is 11.3. The second-order valence-corrected chi connectivity index (χ2v) is 42.3. The quantitative estimate of drug-likeness (QED) is 0.0557. The highest BCUT2D eigenvalue weighted by molar-refractivity contribution is 7.91. The number of nitrogens with one attached hydrogen (secondary N) is 2. The van der Waals surface area contributed by atoms with Crippen molar-refractivity contribution in [3.05, 3.63) is 0 Å². The fourth-order valence-electron chi connectivity index (χ4n) is 9.13. The van der Waals surface area contributed by atoms with Crippen molar-refractivity contribution in [2.24, 2.45) is 112 Å². The number of carbonyl (C=O) groups is 6. The number of nitrogens with zero attached hydrogens (tertiary/aromatic N) is 2. The fraction of sp³-hybridized carbons (Fsp3) is 0.938. The third kappa shape index (κ3) is 136. The van der Waals surface area contributed by atoms with Crippen molar-refractivity contribution in [2.45, 2.75) is 432 Å². The molecule has 1 atom stereocenters. The molecule has 0 aliphatic heterocycles. The Hall–Kier alpha value is -2.91. The molecule has 0 rings (SSSR count). The number of Topliss-reactive ketones (excluding diaryl/α,β-unsaturated/α-hetero) is 2. The lowest BCUT2D eigenvalue weighted by molar-refractivity contribution is -0.133. The summed E-state index contributed by atoms with van der Waals surface area (Å²) in [6, 6.07) is 0.603. The highest BCUT2D eigenvalue weighted by Crippen LogP contribution is 2.15. The molecular weight excluding hydrogens is 1410 g/mol. The number of amides is 4. The molecular formula is C97H208N4O10S. The number of ether oxygens (including phenoxy) is 2. The number of unbranched alkanes of at least 4 members (excludes halogenated alkanes) is 1. The van der Waals surface area contributed by atoms with Crippen LogP contribution >= 0.6 is 0 Å². The van der Waals surface area contributed by atoms with Crippen LogP contribution in [0.25, 0.3) is 0 Å². The van der Waals surface area contributed by atoms with E-state index in [2.05, 4.69) is 232 Å². The molecule has 682 valence electrons. The number of hydrogen-bond donors (Lipinski definition) is 2. The molecule has 0 saturated carbocycles. The van der Waals surface area contributed by atoms with Gasteiger partial charge in [-0.3, -0.25) is 28.8 Å². The number of hydrogen-bond acceptors (Lipinski definition) is 10. The number of ketones is 2. The minimum absolute atomic E-state index is 0.0937. The van der Waals surface area contributed by atoms with E-state index in [1.807, 2.05) is 104 Å². The first-order chi connectivity index (χ1) is 50.8. The summed E-state index contributed by atoms with van der Waals surface area (Å²) in [6.07, 6.45) is 17.8. The largest absolute Gasteiger partial charge is 0.379 e. The van der Waals surface area contributed by atoms with Gasteiger partial charge in [-0.15, -0.1) is 0 Å². The molecule has 0 radical (unpaired) electrons. The van der Waals surface area contributed by atoms with Crippen molar-refractivity contribution < 1.29 is 46.7 Å². The Morgan fingerprint density at radius 3 is 0.884 bits per heavy atom. The molecule has 4 amide bonds. The van der Waals surface area contributed by atoms with Crippen molar-refractivity contribution in [1.82, 2.24) is 20.4 Å². The second-order valence-electron chi connectivity index (χ2n) is 40.1. The van der Waals surface area contributed by atoms with Crippen LogP contribution in [0.4, 0.5) is 0 Å². The molecule has 0 aromatic heterocycles. The highest BCUT2D eigenvalue weighted by Gasteiger charge is 2.17. The predicted octanol–water partition coefficient (Wildman–Crippen LogP) is 26.5. The average Bonchev–Trinajstić information content (AvgIpc) is 0.905. The molecule has 0 bridgehead atoms. The van der Waals surface area contributed by atoms with Gasteiger partial charge in [0.1, 0.15) is 11.6 Å². The lowest BCUT2D eigenvalue weighted by Gasteiger charge is -2.22. The zero-order valence-electron chi connectivity index (χ0n) is 84.5. The summed E-state index contributed by atoms with van der Waals surface area (Å²) in [5.41, 5.74) is 0. The van der Waals surface area contributed by atoms with Gasteiger partial charge in [-0.2, -0.15) is 0 Å². The lowest BCUT2D eigenvalue weighted by Crippen LogP contribution is -2.38. The Morgan fingerprint density at radius 1 is 0.330 bits per heavy atom. The van der Waals surface area contributed by atoms with Gasteiger partial charge in [-0.25, -0.2) is 8.42 Å². The fourth-order valence-corrected chi connectivity index (χ4v) is 11.3. The van der Waals surface area contributed by atoms with Crippen LogP contribution in [0, 0.1) is 112 Å². The van der Waals surface area contributed by atoms with E-state index in [1.54, 1.807) is 9.80 Å². The summed E-state index contributed by atoms with van der Waals surface area (Å²) in [5, 5.41) is 5.78. The monoisotopic (exact) mass is 1620 g/mol. The van der Waals surface area contributed by atoms with Crippen molar-refractivity contribution >= 4 is 45.0 Å². The summed E-state index contributed by atoms with van der Waals surface area (Å²) in [7, 11) is 0.940. The van der Waals surface area contributed by atoms with Crippen molar-refractivity contribution in [3.8, 4) is 0 Å². The summed E-state index contributed by atoms with van der Waals surface area (Å²) in [4.78, 5) is 70.5. The molecule has 0 aromatic rings. The predicted molar refractivity (Wildman–Crippen MR) is 498 cm³/mol. The van der Waals surface area contributed by atoms with E-state index >= 15 is 0 Å². The van der Waals surface area contributed by atoms with Gasteiger partial charge in [0.05, 0.1) is 23.7 Å². The normalized spacial score (nSPS) is 11.5. The Bertz CT molecular complexity index is 2070. The zero-order chi connectivity index (χ0) is 91.1. The van der Waals surface area contributed by atoms with Crippen LogP contribution in [0.2, 0.25) is 0 Å². The van der Waals surface area contributed by atoms with Gasteiger partial charge >= 0.3 is 0 Å². The third-order valence-electron chi connectivity index (χ3n) is 16.1. The van der Waals surface area contributed by atoms with Crippen LogP contribution < -0.4 is 10.6 Å². The minimum atomic E-state index is -2.78. The average molecular weight is 1620 g/mol. The van der Waals surface area contributed by atoms with Gasteiger partial charge in [0.2, 0.25) is 23.6 Å². The second kappa shape index (κ2) is 84.5. The Balaban J connectivity index is -0.000000111. The Morgan fingerprint density at radius 2 is 0.643 bits per heavy atom. The van der Waals surface area contributed by atoms with Crippen LogP contribution in [0.15, 0.2) is 0 Å². The smallest absolute Gasteiger partial charge is 0.224 e. The minimum Gasteiger partial charge on any atom is -0.379 e. The Labute approximate surface area is 704 Å². The first-order valence-corrected chi connectivity index (χ1v) is 47.1. The van der Waals surface area contributed by atoms with Crippen LogP contribution in [0.1, 0.15) is 408 Å². The van der Waals surface area contributed by atoms with Crippen LogP contribution in [-0.2, 0) is 48.1 Å². The van der Waals surface area contributed by atoms with Crippen LogP contribution in [-0.4, -0.2) is 130 Å². The number of sulfone groups is 1. The molecule has 112 heavy (non-hydrogen) atoms. The standard InChI is InChI=1S/C10H20O.C10H22.3C9H19NO.C9H18O.C9H20.C8H17NO.C8H18O2S.2C8H18O/c1-8(2)5-6-10(11)7-9(3)4;1-9(2)7-5-6-8-10(3)4;1-7(2)6-10(5)9(11)8(3)4;1-7(2)6-9(11)10(5)8(3)4;1-6(2)8(5)10-9(11)7(3)4;1-7(2)5-9(10)6-8(3)4;1-8(2)6-5-7-9(3)4;1-6(2)5-9-8(10)7(3)4;1-7(2)5-11(9,10)6-8(3)4;2*1-7(2)5-6-9-8(3)4/h8-9H,5-7H2,1-4H3;9-10H,5-8H2,1-4H3;2*7-8H,6H2,1-5H3;6-8H,1-5H3,(H,10,11);7-8H,5-6H2,1-4H3;8-9H,5-7H2,1-4H3;6-7H,5H2,1-4H3,(H,9,10);7-8H,5-6H2,1-4H3;2*7-8H,5-6H2,1-4H3. The third-order valence-corrected chi connectivity index (χ3v) is 18.5. The summed E-state index contributed by atoms with van der Waals surface area (Å²) >= 11 is 0. The van der Waals surface area contributed by atoms with Gasteiger partial charge in [0.15, 0.2) is 9.84 Å². The van der Waals surface area contributed by atoms with E-state index in [0.717, 1.165) is 93.9 Å². The van der Waals surface area contributed by atoms with E-state index in [0.29, 0.717) is 95.1 Å². The molecule has 0 aliphatic rings. The summed E-state index contributed by atoms with van der Waals surface area (Å²) in [5.74, 6) is 12.5. The lowest BCUT2D eigenvalue weighted by atomic mass is 10.00. The maximum Gasteiger partial charge on any atom is 0.224 e. The highest BCUT2D eigenvalue weighted by atomic mass is 32.2. The van der Waals surface area contributed by atoms with E-state index in [9.17, 15) is 37.2 Å². The van der Waals surface area contributed by atoms with E-state index in [-0.39, 0.29) is 59.3 Å². The first kappa shape index (κ1) is 132. The van der Waals surface area contributed by atoms with E-state index in [4.69, 9.17) is 9.47 Å². The Kier molecular flexibility index (Phi) is 100.0. The number of carbonyl (C=O) groups excluding carboxylic acids is 6. The molecule has 0 fully saturated rings. The van der Waals surface area contributed by atoms with Crippen molar-refractivity contribution in [2.75, 3.05) is 51.9 Å². The van der Waals surface area contributed by atoms with Gasteiger partial charge in [0, 0.05) is 102 Å². The zero-order valence-corrected chi connectivity index (χ0v) is 85.3. The van der Waals surface area contributed by atoms with E-state index in [1.165, 1.54) is 57.8 Å². The molecule has 0 aromatic carbocycles. The number of rotatable bonds is 42. The molecule has 1 unspecified atom stereocenters. The molecule has 0 saturated heterocycles. The first-order valence-electron chi connectivity index (χ1n) is 45.3. The van der Waals surface area contributed by atoms with Crippen LogP contribution in [0.3, 0.4) is 0 Å². The maximum absolute atomic E-state index is 11.3. The molecule has 14 nitrogen and oxygen atoms in total. The van der Waals surface area contributed by atoms with Gasteiger partial charge < -0.3 is 29.9 Å². The SMILES string of the molecule is CC(C)C(=O)NC(C)C(C)C.CC(C)CC(=O)CC(C)C.CC(C)CC(=O)N(C)C(C)C.CC(C)CCC(=O)CC(C)C.CC(C)CCCC(C)C.CC(C)CCCCC(C)C.CC(C)CCOC(C)C.CC(C)CCOC(C)C.CC(C)CN(C)C(=O)C(C)C.CC(C)CNC(=O)C(C)C.CC(C)CS(=O)(=O)CC(C)C. The van der Waals surface area contributed by atoms with Gasteiger partial charge in [0.25, 0.3) is 0 Å². The summed E-state index contributed by atoms with van der Waals surface area (Å²) in [6.45, 7) is 97.8. The summed E-state index contributed by atoms with van der Waals surface area (Å²) < 4.78 is 33.2. The molecule has 0 spiro atoms. The van der Waals surface area contributed by atoms with Crippen molar-refractivity contribution in [3.63, 3.8) is 0 Å². The van der Waals surface area contributed by atoms with Gasteiger partial charge in [-0.05, 0) is 162 Å².